The van der Waals surface area contributed by atoms with Crippen molar-refractivity contribution >= 4 is 5.97 Å². The van der Waals surface area contributed by atoms with Crippen LogP contribution in [0.5, 0.6) is 11.5 Å². The predicted octanol–water partition coefficient (Wildman–Crippen LogP) is 4.62. The molecule has 0 radical (unpaired) electrons. The number of carbonyl (C=O) groups excluding carboxylic acids is 1. The van der Waals surface area contributed by atoms with Gasteiger partial charge in [0.25, 0.3) is 0 Å². The Hall–Kier alpha value is -1.97. The van der Waals surface area contributed by atoms with Gasteiger partial charge in [0.15, 0.2) is 0 Å². The van der Waals surface area contributed by atoms with Gasteiger partial charge in [0.1, 0.15) is 11.5 Å². The maximum Gasteiger partial charge on any atom is 0.330 e. The average Bonchev–Trinajstić information content (AvgIpc) is 2.57. The molecule has 1 N–H and O–H groups in total. The lowest BCUT2D eigenvalue weighted by Gasteiger charge is -2.06. The minimum absolute atomic E-state index is 0.260. The molecule has 0 atom stereocenters. The maximum absolute atomic E-state index is 10.8. The van der Waals surface area contributed by atoms with Crippen LogP contribution in [-0.4, -0.2) is 24.3 Å². The molecule has 0 saturated heterocycles. The van der Waals surface area contributed by atoms with Crippen molar-refractivity contribution in [3.63, 3.8) is 0 Å². The fourth-order valence-electron chi connectivity index (χ4n) is 2.23. The van der Waals surface area contributed by atoms with Gasteiger partial charge in [-0.1, -0.05) is 45.1 Å². The number of benzene rings is 1. The Morgan fingerprint density at radius 2 is 1.43 bits per heavy atom. The molecule has 1 aromatic carbocycles. The molecule has 1 rings (SSSR count). The second kappa shape index (κ2) is 12.6. The van der Waals surface area contributed by atoms with Crippen molar-refractivity contribution in [2.24, 2.45) is 0 Å². The first-order valence-corrected chi connectivity index (χ1v) is 8.43. The zero-order valence-corrected chi connectivity index (χ0v) is 13.8. The second-order valence-electron chi connectivity index (χ2n) is 5.54. The third-order valence-corrected chi connectivity index (χ3v) is 3.56. The average molecular weight is 320 g/mol. The van der Waals surface area contributed by atoms with E-state index < -0.39 is 0 Å². The number of hydrogen-bond donors (Lipinski definition) is 1. The van der Waals surface area contributed by atoms with Gasteiger partial charge in [0, 0.05) is 6.08 Å². The Morgan fingerprint density at radius 1 is 0.913 bits per heavy atom. The van der Waals surface area contributed by atoms with E-state index in [1.807, 2.05) is 0 Å². The van der Waals surface area contributed by atoms with Crippen molar-refractivity contribution < 1.29 is 19.4 Å². The van der Waals surface area contributed by atoms with Crippen LogP contribution >= 0.6 is 0 Å². The van der Waals surface area contributed by atoms with E-state index in [0.29, 0.717) is 6.61 Å². The van der Waals surface area contributed by atoms with Gasteiger partial charge in [0.2, 0.25) is 0 Å². The molecule has 128 valence electrons. The molecular formula is C19H28O4. The van der Waals surface area contributed by atoms with Crippen LogP contribution in [0.3, 0.4) is 0 Å². The summed E-state index contributed by atoms with van der Waals surface area (Å²) in [7, 11) is 0. The van der Waals surface area contributed by atoms with E-state index in [1.54, 1.807) is 24.3 Å². The maximum atomic E-state index is 10.8. The van der Waals surface area contributed by atoms with E-state index in [1.165, 1.54) is 38.2 Å². The van der Waals surface area contributed by atoms with Gasteiger partial charge in [-0.05, 0) is 37.1 Å². The highest BCUT2D eigenvalue weighted by atomic mass is 16.5. The van der Waals surface area contributed by atoms with Crippen LogP contribution < -0.4 is 4.74 Å². The highest BCUT2D eigenvalue weighted by molar-refractivity contribution is 5.81. The molecule has 4 nitrogen and oxygen atoms in total. The molecule has 0 aliphatic rings. The summed E-state index contributed by atoms with van der Waals surface area (Å²) in [6.07, 6.45) is 10.4. The molecule has 1 aromatic rings. The molecule has 0 aliphatic carbocycles. The summed E-state index contributed by atoms with van der Waals surface area (Å²) < 4.78 is 10.5. The minimum Gasteiger partial charge on any atom is -0.508 e. The zero-order chi connectivity index (χ0) is 16.8. The first-order chi connectivity index (χ1) is 11.2. The van der Waals surface area contributed by atoms with Crippen LogP contribution in [0.2, 0.25) is 0 Å². The first kappa shape index (κ1) is 19.1. The lowest BCUT2D eigenvalue weighted by atomic mass is 10.1. The quantitative estimate of drug-likeness (QED) is 0.327. The van der Waals surface area contributed by atoms with Gasteiger partial charge >= 0.3 is 5.97 Å². The van der Waals surface area contributed by atoms with E-state index in [4.69, 9.17) is 9.47 Å². The van der Waals surface area contributed by atoms with Crippen molar-refractivity contribution in [1.29, 1.82) is 0 Å². The highest BCUT2D eigenvalue weighted by Crippen LogP contribution is 2.16. The van der Waals surface area contributed by atoms with Crippen LogP contribution in [0.25, 0.3) is 0 Å². The highest BCUT2D eigenvalue weighted by Gasteiger charge is 1.97. The Balaban J connectivity index is 1.82. The van der Waals surface area contributed by atoms with Crippen LogP contribution in [-0.2, 0) is 9.53 Å². The number of hydrogen-bond acceptors (Lipinski definition) is 4. The summed E-state index contributed by atoms with van der Waals surface area (Å²) in [6, 6.07) is 6.82. The largest absolute Gasteiger partial charge is 0.508 e. The number of phenolic OH excluding ortho intramolecular Hbond substituents is 1. The molecule has 23 heavy (non-hydrogen) atoms. The molecule has 0 saturated carbocycles. The second-order valence-corrected chi connectivity index (χ2v) is 5.54. The predicted molar refractivity (Wildman–Crippen MR) is 91.7 cm³/mol. The molecule has 0 heterocycles. The minimum atomic E-state index is -0.334. The van der Waals surface area contributed by atoms with Gasteiger partial charge in [-0.25, -0.2) is 4.79 Å². The summed E-state index contributed by atoms with van der Waals surface area (Å²) in [5.41, 5.74) is 0. The number of ether oxygens (including phenoxy) is 2. The summed E-state index contributed by atoms with van der Waals surface area (Å²) in [5, 5.41) is 9.17. The Bertz CT molecular complexity index is 439. The molecule has 0 fully saturated rings. The molecule has 0 amide bonds. The topological polar surface area (TPSA) is 55.8 Å². The van der Waals surface area contributed by atoms with Crippen LogP contribution in [0.4, 0.5) is 0 Å². The normalized spacial score (nSPS) is 10.3. The third kappa shape index (κ3) is 10.4. The first-order valence-electron chi connectivity index (χ1n) is 8.43. The monoisotopic (exact) mass is 320 g/mol. The molecular weight excluding hydrogens is 292 g/mol. The molecule has 4 heteroatoms. The SMILES string of the molecule is C=CC(=O)OCCCCCCCCCCOc1ccc(O)cc1. The van der Waals surface area contributed by atoms with Crippen molar-refractivity contribution in [2.75, 3.05) is 13.2 Å². The van der Waals surface area contributed by atoms with Gasteiger partial charge in [-0.2, -0.15) is 0 Å². The summed E-state index contributed by atoms with van der Waals surface area (Å²) >= 11 is 0. The number of aromatic hydroxyl groups is 1. The van der Waals surface area contributed by atoms with Gasteiger partial charge in [-0.3, -0.25) is 0 Å². The zero-order valence-electron chi connectivity index (χ0n) is 13.8. The van der Waals surface area contributed by atoms with Gasteiger partial charge < -0.3 is 14.6 Å². The fraction of sp³-hybridized carbons (Fsp3) is 0.526. The third-order valence-electron chi connectivity index (χ3n) is 3.56. The molecule has 0 bridgehead atoms. The number of esters is 1. The smallest absolute Gasteiger partial charge is 0.330 e. The lowest BCUT2D eigenvalue weighted by molar-refractivity contribution is -0.137. The van der Waals surface area contributed by atoms with Gasteiger partial charge in [-0.15, -0.1) is 0 Å². The molecule has 0 spiro atoms. The Morgan fingerprint density at radius 3 is 2.00 bits per heavy atom. The van der Waals surface area contributed by atoms with E-state index >= 15 is 0 Å². The Labute approximate surface area is 139 Å². The number of carbonyl (C=O) groups is 1. The Kier molecular flexibility index (Phi) is 10.4. The van der Waals surface area contributed by atoms with Crippen molar-refractivity contribution in [1.82, 2.24) is 0 Å². The molecule has 0 unspecified atom stereocenters. The van der Waals surface area contributed by atoms with E-state index in [9.17, 15) is 9.90 Å². The van der Waals surface area contributed by atoms with E-state index in [-0.39, 0.29) is 11.7 Å². The van der Waals surface area contributed by atoms with Crippen LogP contribution in [0.15, 0.2) is 36.9 Å². The van der Waals surface area contributed by atoms with Crippen molar-refractivity contribution in [3.8, 4) is 11.5 Å². The summed E-state index contributed by atoms with van der Waals surface area (Å²) in [4.78, 5) is 10.8. The number of phenols is 1. The van der Waals surface area contributed by atoms with Gasteiger partial charge in [0.05, 0.1) is 13.2 Å². The summed E-state index contributed by atoms with van der Waals surface area (Å²) in [5.74, 6) is 0.732. The molecule has 0 aromatic heterocycles. The number of rotatable bonds is 13. The van der Waals surface area contributed by atoms with E-state index in [0.717, 1.165) is 31.6 Å². The molecule has 0 aliphatic heterocycles. The number of unbranched alkanes of at least 4 members (excludes halogenated alkanes) is 7. The fourth-order valence-corrected chi connectivity index (χ4v) is 2.23. The van der Waals surface area contributed by atoms with Crippen LogP contribution in [0.1, 0.15) is 51.4 Å². The van der Waals surface area contributed by atoms with E-state index in [2.05, 4.69) is 6.58 Å². The standard InChI is InChI=1S/C19H28O4/c1-2-19(21)23-16-10-8-6-4-3-5-7-9-15-22-18-13-11-17(20)12-14-18/h2,11-14,20H,1,3-10,15-16H2. The summed E-state index contributed by atoms with van der Waals surface area (Å²) in [6.45, 7) is 4.58. The lowest BCUT2D eigenvalue weighted by Crippen LogP contribution is -2.01. The van der Waals surface area contributed by atoms with Crippen molar-refractivity contribution in [3.05, 3.63) is 36.9 Å². The van der Waals surface area contributed by atoms with Crippen LogP contribution in [0, 0.1) is 0 Å². The van der Waals surface area contributed by atoms with Crippen molar-refractivity contribution in [2.45, 2.75) is 51.4 Å².